The van der Waals surface area contributed by atoms with Crippen molar-refractivity contribution in [3.05, 3.63) is 48.4 Å². The Kier molecular flexibility index (Phi) is 6.07. The normalized spacial score (nSPS) is 15.9. The molecule has 3 aromatic rings. The first-order chi connectivity index (χ1) is 18.4. The highest BCUT2D eigenvalue weighted by atomic mass is 32.2. The molecule has 0 saturated heterocycles. The first-order valence-electron chi connectivity index (χ1n) is 12.4. The van der Waals surface area contributed by atoms with Crippen molar-refractivity contribution in [2.75, 3.05) is 38.0 Å². The number of aromatic nitrogens is 3. The van der Waals surface area contributed by atoms with Gasteiger partial charge in [0.1, 0.15) is 5.82 Å². The second-order valence-electron chi connectivity index (χ2n) is 8.07. The van der Waals surface area contributed by atoms with Crippen LogP contribution in [0.3, 0.4) is 0 Å². The van der Waals surface area contributed by atoms with Crippen LogP contribution in [-0.2, 0) is 14.5 Å². The van der Waals surface area contributed by atoms with E-state index in [9.17, 15) is 13.8 Å². The number of nitrogens with one attached hydrogen (secondary N) is 3. The van der Waals surface area contributed by atoms with Gasteiger partial charge >= 0.3 is 0 Å². The topological polar surface area (TPSA) is 148 Å². The van der Waals surface area contributed by atoms with E-state index in [1.807, 2.05) is 5.32 Å². The molecule has 4 rings (SSSR count). The number of carbonyl (C=O) groups excluding carboxylic acids is 2. The fourth-order valence-electron chi connectivity index (χ4n) is 3.38. The highest BCUT2D eigenvalue weighted by molar-refractivity contribution is 7.93. The minimum Gasteiger partial charge on any atom is -0.494 e. The summed E-state index contributed by atoms with van der Waals surface area (Å²) in [5.41, 5.74) is 1.01. The van der Waals surface area contributed by atoms with E-state index in [-0.39, 0.29) is 34.7 Å². The molecule has 36 heavy (non-hydrogen) atoms. The smallest absolute Gasteiger partial charge is 0.254 e. The van der Waals surface area contributed by atoms with E-state index in [1.165, 1.54) is 45.1 Å². The van der Waals surface area contributed by atoms with Crippen molar-refractivity contribution in [2.45, 2.75) is 17.7 Å². The van der Waals surface area contributed by atoms with Crippen molar-refractivity contribution in [1.82, 2.24) is 20.3 Å². The first kappa shape index (κ1) is 21.2. The minimum absolute atomic E-state index is 0.0652. The maximum atomic E-state index is 12.8. The number of methoxy groups -OCH3 is 1. The summed E-state index contributed by atoms with van der Waals surface area (Å²) < 4.78 is 44.2. The summed E-state index contributed by atoms with van der Waals surface area (Å²) in [7, 11) is 0.299. The Bertz CT molecular complexity index is 1530. The number of anilines is 3. The third-order valence-electron chi connectivity index (χ3n) is 5.60. The molecule has 0 aliphatic heterocycles. The molecule has 188 valence electrons. The summed E-state index contributed by atoms with van der Waals surface area (Å²) in [5, 5.41) is 7.76. The number of hydrogen-bond donors (Lipinski definition) is 3. The van der Waals surface area contributed by atoms with E-state index < -0.39 is 22.6 Å². The second kappa shape index (κ2) is 10.3. The fraction of sp³-hybridized carbons (Fsp3) is 0.292. The molecule has 2 amide bonds. The first-order valence-corrected chi connectivity index (χ1v) is 12.8. The number of nitrogens with zero attached hydrogens (tertiary/aromatic N) is 4. The molecule has 0 radical (unpaired) electrons. The highest BCUT2D eigenvalue weighted by Crippen LogP contribution is 2.37. The lowest BCUT2D eigenvalue weighted by Gasteiger charge is -2.17. The number of carbonyl (C=O) groups is 2. The SMILES string of the molecule is [2H]C([2H])([2H])NC(=O)c1cnc(NC(=O)C2CC2)cc1Nc1cccc(-c2ncc(S(C)(=O)=NC)cn2)c1OC. The number of ether oxygens (including phenoxy) is 1. The zero-order valence-corrected chi connectivity index (χ0v) is 20.7. The standard InChI is InChI=1S/C24H27N7O4S/c1-25-24(33)17-13-27-20(31-23(32)14-8-9-14)10-19(17)30-18-7-5-6-16(21(18)35-3)22-28-11-15(12-29-22)36(4,34)26-2/h5-7,10-14H,8-9H2,1-4H3,(H,25,33)(H2,27,30,31,32)/i1D3. The van der Waals surface area contributed by atoms with E-state index in [0.717, 1.165) is 12.8 Å². The lowest BCUT2D eigenvalue weighted by atomic mass is 10.1. The molecular weight excluding hydrogens is 482 g/mol. The van der Waals surface area contributed by atoms with Crippen LogP contribution in [0.4, 0.5) is 17.2 Å². The predicted molar refractivity (Wildman–Crippen MR) is 137 cm³/mol. The lowest BCUT2D eigenvalue weighted by molar-refractivity contribution is -0.117. The Balaban J connectivity index is 1.73. The van der Waals surface area contributed by atoms with Gasteiger partial charge < -0.3 is 20.7 Å². The average molecular weight is 513 g/mol. The molecule has 1 unspecified atom stereocenters. The van der Waals surface area contributed by atoms with Crippen molar-refractivity contribution in [2.24, 2.45) is 10.3 Å². The summed E-state index contributed by atoms with van der Waals surface area (Å²) in [6.07, 6.45) is 7.15. The Morgan fingerprint density at radius 1 is 1.17 bits per heavy atom. The molecule has 11 nitrogen and oxygen atoms in total. The van der Waals surface area contributed by atoms with Gasteiger partial charge in [-0.1, -0.05) is 6.07 Å². The van der Waals surface area contributed by atoms with E-state index in [2.05, 4.69) is 29.9 Å². The van der Waals surface area contributed by atoms with E-state index in [4.69, 9.17) is 8.85 Å². The predicted octanol–water partition coefficient (Wildman–Crippen LogP) is 3.09. The van der Waals surface area contributed by atoms with Crippen LogP contribution in [0.15, 0.2) is 52.1 Å². The van der Waals surface area contributed by atoms with Gasteiger partial charge in [0, 0.05) is 55.0 Å². The molecule has 1 aliphatic rings. The van der Waals surface area contributed by atoms with Gasteiger partial charge in [0.15, 0.2) is 11.6 Å². The van der Waals surface area contributed by atoms with E-state index in [1.54, 1.807) is 18.2 Å². The van der Waals surface area contributed by atoms with Crippen molar-refractivity contribution in [1.29, 1.82) is 0 Å². The van der Waals surface area contributed by atoms with Crippen LogP contribution >= 0.6 is 0 Å². The van der Waals surface area contributed by atoms with Crippen molar-refractivity contribution in [3.8, 4) is 17.1 Å². The Morgan fingerprint density at radius 2 is 1.92 bits per heavy atom. The largest absolute Gasteiger partial charge is 0.494 e. The molecule has 1 aromatic carbocycles. The van der Waals surface area contributed by atoms with E-state index in [0.29, 0.717) is 21.9 Å². The number of benzene rings is 1. The third-order valence-corrected chi connectivity index (χ3v) is 7.39. The van der Waals surface area contributed by atoms with Crippen molar-refractivity contribution >= 4 is 38.7 Å². The number of pyridine rings is 1. The van der Waals surface area contributed by atoms with E-state index >= 15 is 0 Å². The summed E-state index contributed by atoms with van der Waals surface area (Å²) in [6.45, 7) is -2.72. The van der Waals surface area contributed by atoms with Crippen LogP contribution < -0.4 is 20.7 Å². The van der Waals surface area contributed by atoms with Gasteiger partial charge in [-0.15, -0.1) is 0 Å². The molecule has 2 heterocycles. The van der Waals surface area contributed by atoms with Crippen LogP contribution in [0.25, 0.3) is 11.4 Å². The van der Waals surface area contributed by atoms with Gasteiger partial charge in [0.05, 0.1) is 44.2 Å². The van der Waals surface area contributed by atoms with Gasteiger partial charge in [-0.3, -0.25) is 9.59 Å². The summed E-state index contributed by atoms with van der Waals surface area (Å²) in [6, 6.07) is 6.56. The quantitative estimate of drug-likeness (QED) is 0.417. The van der Waals surface area contributed by atoms with Crippen LogP contribution in [0.5, 0.6) is 5.75 Å². The molecule has 0 bridgehead atoms. The van der Waals surface area contributed by atoms with Crippen LogP contribution in [0.2, 0.25) is 0 Å². The monoisotopic (exact) mass is 512 g/mol. The molecule has 3 N–H and O–H groups in total. The number of amides is 2. The molecule has 0 spiro atoms. The zero-order chi connectivity index (χ0) is 28.4. The van der Waals surface area contributed by atoms with Crippen LogP contribution in [0.1, 0.15) is 27.3 Å². The Hall–Kier alpha value is -4.06. The fourth-order valence-corrected chi connectivity index (χ4v) is 4.09. The van der Waals surface area contributed by atoms with Gasteiger partial charge in [-0.2, -0.15) is 0 Å². The molecule has 1 atom stereocenters. The Labute approximate surface area is 213 Å². The van der Waals surface area contributed by atoms with Crippen molar-refractivity contribution < 1.29 is 22.6 Å². The van der Waals surface area contributed by atoms with Gasteiger partial charge in [0.2, 0.25) is 5.91 Å². The summed E-state index contributed by atoms with van der Waals surface area (Å²) >= 11 is 0. The Morgan fingerprint density at radius 3 is 2.56 bits per heavy atom. The number of para-hydroxylation sites is 1. The zero-order valence-electron chi connectivity index (χ0n) is 22.9. The summed E-state index contributed by atoms with van der Waals surface area (Å²) in [5.74, 6) is -0.331. The molecule has 2 aromatic heterocycles. The van der Waals surface area contributed by atoms with Crippen LogP contribution in [-0.4, -0.2) is 58.4 Å². The average Bonchev–Trinajstić information content (AvgIpc) is 3.73. The number of hydrogen-bond acceptors (Lipinski definition) is 9. The van der Waals surface area contributed by atoms with Gasteiger partial charge in [0.25, 0.3) is 5.91 Å². The molecule has 1 aliphatic carbocycles. The lowest BCUT2D eigenvalue weighted by Crippen LogP contribution is -2.20. The van der Waals surface area contributed by atoms with Crippen LogP contribution in [0, 0.1) is 5.92 Å². The number of rotatable bonds is 8. The molecular formula is C24H27N7O4S. The van der Waals surface area contributed by atoms with Gasteiger partial charge in [-0.25, -0.2) is 23.5 Å². The summed E-state index contributed by atoms with van der Waals surface area (Å²) in [4.78, 5) is 38.2. The van der Waals surface area contributed by atoms with Crippen molar-refractivity contribution in [3.63, 3.8) is 0 Å². The molecule has 1 saturated carbocycles. The highest BCUT2D eigenvalue weighted by Gasteiger charge is 2.30. The maximum Gasteiger partial charge on any atom is 0.254 e. The third kappa shape index (κ3) is 5.28. The molecule has 1 fully saturated rings. The maximum absolute atomic E-state index is 12.8. The minimum atomic E-state index is -2.72. The second-order valence-corrected chi connectivity index (χ2v) is 10.5. The molecule has 12 heteroatoms. The van der Waals surface area contributed by atoms with Gasteiger partial charge in [-0.05, 0) is 25.0 Å².